The van der Waals surface area contributed by atoms with Gasteiger partial charge in [-0.1, -0.05) is 0 Å². The summed E-state index contributed by atoms with van der Waals surface area (Å²) in [4.78, 5) is 0. The van der Waals surface area contributed by atoms with Crippen molar-refractivity contribution >= 4 is 0 Å². The molecule has 0 spiro atoms. The van der Waals surface area contributed by atoms with Gasteiger partial charge in [0.25, 0.3) is 0 Å². The molecule has 0 bridgehead atoms. The first-order valence-corrected chi connectivity index (χ1v) is 7.54. The van der Waals surface area contributed by atoms with Crippen LogP contribution in [0.4, 0.5) is 0 Å². The van der Waals surface area contributed by atoms with E-state index in [0.29, 0.717) is 11.5 Å². The van der Waals surface area contributed by atoms with Gasteiger partial charge in [-0.2, -0.15) is 0 Å². The minimum atomic E-state index is -0.769. The minimum Gasteiger partial charge on any atom is -0.497 e. The van der Waals surface area contributed by atoms with E-state index in [2.05, 4.69) is 0 Å². The summed E-state index contributed by atoms with van der Waals surface area (Å²) in [6.45, 7) is 1.97. The summed E-state index contributed by atoms with van der Waals surface area (Å²) < 4.78 is 27.6. The fourth-order valence-electron chi connectivity index (χ4n) is 2.75. The zero-order chi connectivity index (χ0) is 17.7. The molecule has 24 heavy (non-hydrogen) atoms. The van der Waals surface area contributed by atoms with Crippen LogP contribution < -0.4 is 18.9 Å². The van der Waals surface area contributed by atoms with Crippen LogP contribution in [0.1, 0.15) is 18.1 Å². The molecular formula is C19H24O5. The Bertz CT molecular complexity index is 641. The van der Waals surface area contributed by atoms with Crippen LogP contribution in [0.3, 0.4) is 0 Å². The van der Waals surface area contributed by atoms with Gasteiger partial charge in [0.2, 0.25) is 0 Å². The van der Waals surface area contributed by atoms with E-state index in [1.54, 1.807) is 35.5 Å². The van der Waals surface area contributed by atoms with Crippen LogP contribution in [-0.2, 0) is 10.3 Å². The summed E-state index contributed by atoms with van der Waals surface area (Å²) in [7, 11) is 8.15. The second-order valence-electron chi connectivity index (χ2n) is 5.37. The van der Waals surface area contributed by atoms with Crippen molar-refractivity contribution in [3.05, 3.63) is 47.5 Å². The van der Waals surface area contributed by atoms with Gasteiger partial charge in [0.15, 0.2) is 0 Å². The smallest absolute Gasteiger partial charge is 0.128 e. The molecule has 5 nitrogen and oxygen atoms in total. The Kier molecular flexibility index (Phi) is 5.57. The normalized spacial score (nSPS) is 11.1. The van der Waals surface area contributed by atoms with Gasteiger partial charge in [-0.25, -0.2) is 0 Å². The van der Waals surface area contributed by atoms with Gasteiger partial charge < -0.3 is 23.7 Å². The molecule has 0 saturated carbocycles. The van der Waals surface area contributed by atoms with Crippen molar-refractivity contribution in [1.29, 1.82) is 0 Å². The maximum Gasteiger partial charge on any atom is 0.128 e. The molecule has 0 heterocycles. The molecule has 0 aliphatic rings. The number of ether oxygens (including phenoxy) is 5. The van der Waals surface area contributed by atoms with Crippen molar-refractivity contribution in [2.75, 3.05) is 35.5 Å². The van der Waals surface area contributed by atoms with Crippen LogP contribution in [0.2, 0.25) is 0 Å². The highest BCUT2D eigenvalue weighted by Crippen LogP contribution is 2.44. The van der Waals surface area contributed by atoms with Gasteiger partial charge in [-0.3, -0.25) is 0 Å². The van der Waals surface area contributed by atoms with E-state index < -0.39 is 5.60 Å². The van der Waals surface area contributed by atoms with Crippen molar-refractivity contribution in [1.82, 2.24) is 0 Å². The molecule has 0 saturated heterocycles. The monoisotopic (exact) mass is 332 g/mol. The highest BCUT2D eigenvalue weighted by atomic mass is 16.5. The summed E-state index contributed by atoms with van der Waals surface area (Å²) in [6, 6.07) is 11.3. The topological polar surface area (TPSA) is 46.2 Å². The first kappa shape index (κ1) is 17.9. The third-order valence-electron chi connectivity index (χ3n) is 4.25. The van der Waals surface area contributed by atoms with E-state index in [1.807, 2.05) is 43.3 Å². The zero-order valence-electron chi connectivity index (χ0n) is 15.0. The quantitative estimate of drug-likeness (QED) is 0.775. The summed E-state index contributed by atoms with van der Waals surface area (Å²) in [5, 5.41) is 0. The molecule has 0 aliphatic heterocycles. The fourth-order valence-corrected chi connectivity index (χ4v) is 2.75. The summed E-state index contributed by atoms with van der Waals surface area (Å²) in [5.74, 6) is 2.79. The van der Waals surface area contributed by atoms with E-state index in [0.717, 1.165) is 22.6 Å². The van der Waals surface area contributed by atoms with Crippen LogP contribution in [0.15, 0.2) is 36.4 Å². The summed E-state index contributed by atoms with van der Waals surface area (Å²) in [6.07, 6.45) is 0. The molecule has 0 fully saturated rings. The van der Waals surface area contributed by atoms with Crippen LogP contribution in [0, 0.1) is 0 Å². The minimum absolute atomic E-state index is 0.677. The fraction of sp³-hybridized carbons (Fsp3) is 0.368. The standard InChI is InChI=1S/C19H24O5/c1-19(24-6,15-9-7-13(20-2)11-17(15)22-4)16-10-8-14(21-3)12-18(16)23-5/h7-12H,1-6H3. The summed E-state index contributed by atoms with van der Waals surface area (Å²) >= 11 is 0. The van der Waals surface area contributed by atoms with E-state index >= 15 is 0 Å². The average Bonchev–Trinajstić information content (AvgIpc) is 2.66. The van der Waals surface area contributed by atoms with Crippen molar-refractivity contribution in [3.8, 4) is 23.0 Å². The van der Waals surface area contributed by atoms with Gasteiger partial charge >= 0.3 is 0 Å². The van der Waals surface area contributed by atoms with E-state index in [-0.39, 0.29) is 0 Å². The Morgan fingerprint density at radius 1 is 0.625 bits per heavy atom. The molecular weight excluding hydrogens is 308 g/mol. The highest BCUT2D eigenvalue weighted by Gasteiger charge is 2.35. The van der Waals surface area contributed by atoms with Gasteiger partial charge in [0, 0.05) is 30.4 Å². The molecule has 0 aromatic heterocycles. The first-order chi connectivity index (χ1) is 11.5. The molecule has 5 heteroatoms. The lowest BCUT2D eigenvalue weighted by atomic mass is 9.86. The molecule has 2 aromatic carbocycles. The maximum absolute atomic E-state index is 5.90. The number of hydrogen-bond acceptors (Lipinski definition) is 5. The van der Waals surface area contributed by atoms with Crippen molar-refractivity contribution < 1.29 is 23.7 Å². The molecule has 0 atom stereocenters. The van der Waals surface area contributed by atoms with Crippen molar-refractivity contribution in [2.45, 2.75) is 12.5 Å². The van der Waals surface area contributed by atoms with Crippen molar-refractivity contribution in [3.63, 3.8) is 0 Å². The molecule has 130 valence electrons. The number of benzene rings is 2. The Morgan fingerprint density at radius 3 is 1.33 bits per heavy atom. The predicted octanol–water partition coefficient (Wildman–Crippen LogP) is 3.63. The van der Waals surface area contributed by atoms with E-state index in [9.17, 15) is 0 Å². The largest absolute Gasteiger partial charge is 0.497 e. The van der Waals surface area contributed by atoms with Gasteiger partial charge in [-0.15, -0.1) is 0 Å². The number of hydrogen-bond donors (Lipinski definition) is 0. The molecule has 0 N–H and O–H groups in total. The molecule has 0 radical (unpaired) electrons. The van der Waals surface area contributed by atoms with Crippen LogP contribution in [-0.4, -0.2) is 35.5 Å². The molecule has 0 unspecified atom stereocenters. The highest BCUT2D eigenvalue weighted by molar-refractivity contribution is 5.53. The Morgan fingerprint density at radius 2 is 1.04 bits per heavy atom. The van der Waals surface area contributed by atoms with Crippen LogP contribution in [0.5, 0.6) is 23.0 Å². The lowest BCUT2D eigenvalue weighted by Crippen LogP contribution is -2.27. The summed E-state index contributed by atoms with van der Waals surface area (Å²) in [5.41, 5.74) is 0.975. The third kappa shape index (κ3) is 3.12. The van der Waals surface area contributed by atoms with Gasteiger partial charge in [0.05, 0.1) is 28.4 Å². The van der Waals surface area contributed by atoms with Gasteiger partial charge in [-0.05, 0) is 31.2 Å². The first-order valence-electron chi connectivity index (χ1n) is 7.54. The molecule has 0 aliphatic carbocycles. The zero-order valence-corrected chi connectivity index (χ0v) is 15.0. The van der Waals surface area contributed by atoms with Crippen LogP contribution in [0.25, 0.3) is 0 Å². The maximum atomic E-state index is 5.90. The lowest BCUT2D eigenvalue weighted by Gasteiger charge is -2.32. The Hall–Kier alpha value is -2.40. The second-order valence-corrected chi connectivity index (χ2v) is 5.37. The Labute approximate surface area is 143 Å². The number of methoxy groups -OCH3 is 5. The SMILES string of the molecule is COc1ccc(C(C)(OC)c2ccc(OC)cc2OC)c(OC)c1. The number of rotatable bonds is 7. The van der Waals surface area contributed by atoms with Crippen molar-refractivity contribution in [2.24, 2.45) is 0 Å². The van der Waals surface area contributed by atoms with Gasteiger partial charge in [0.1, 0.15) is 28.6 Å². The second kappa shape index (κ2) is 7.45. The van der Waals surface area contributed by atoms with E-state index in [1.165, 1.54) is 0 Å². The van der Waals surface area contributed by atoms with E-state index in [4.69, 9.17) is 23.7 Å². The Balaban J connectivity index is 2.64. The average molecular weight is 332 g/mol. The molecule has 0 amide bonds. The van der Waals surface area contributed by atoms with Crippen LogP contribution >= 0.6 is 0 Å². The lowest BCUT2D eigenvalue weighted by molar-refractivity contribution is 0.0349. The third-order valence-corrected chi connectivity index (χ3v) is 4.25. The predicted molar refractivity (Wildman–Crippen MR) is 92.6 cm³/mol. The molecule has 2 rings (SSSR count). The molecule has 2 aromatic rings.